The van der Waals surface area contributed by atoms with Crippen LogP contribution in [0.3, 0.4) is 0 Å². The Bertz CT molecular complexity index is 475. The molecular formula is C13H17ClN2O3. The second-order valence-corrected chi connectivity index (χ2v) is 4.53. The van der Waals surface area contributed by atoms with E-state index in [-0.39, 0.29) is 5.69 Å². The highest BCUT2D eigenvalue weighted by molar-refractivity contribution is 6.32. The average Bonchev–Trinajstić information content (AvgIpc) is 2.37. The first kappa shape index (κ1) is 15.6. The zero-order chi connectivity index (χ0) is 14.3. The molecule has 6 heteroatoms. The van der Waals surface area contributed by atoms with Crippen LogP contribution in [-0.2, 0) is 4.74 Å². The van der Waals surface area contributed by atoms with Crippen molar-refractivity contribution in [1.82, 2.24) is 5.32 Å². The van der Waals surface area contributed by atoms with E-state index >= 15 is 0 Å². The van der Waals surface area contributed by atoms with Crippen LogP contribution in [0.2, 0.25) is 5.02 Å². The zero-order valence-electron chi connectivity index (χ0n) is 11.0. The van der Waals surface area contributed by atoms with Crippen molar-refractivity contribution in [1.29, 1.82) is 0 Å². The van der Waals surface area contributed by atoms with Crippen molar-refractivity contribution in [2.45, 2.75) is 6.92 Å². The number of hydrogen-bond acceptors (Lipinski definition) is 4. The highest BCUT2D eigenvalue weighted by atomic mass is 35.5. The summed E-state index contributed by atoms with van der Waals surface area (Å²) in [5, 5.41) is 14.4. The number of rotatable bonds is 7. The largest absolute Gasteiger partial charge is 0.383 e. The molecule has 0 fully saturated rings. The Kier molecular flexibility index (Phi) is 6.49. The molecule has 0 atom stereocenters. The maximum atomic E-state index is 10.7. The second kappa shape index (κ2) is 7.89. The summed E-state index contributed by atoms with van der Waals surface area (Å²) in [7, 11) is 1.65. The molecule has 0 aliphatic rings. The molecule has 0 spiro atoms. The fourth-order valence-corrected chi connectivity index (χ4v) is 1.70. The summed E-state index contributed by atoms with van der Waals surface area (Å²) in [6.45, 7) is 4.02. The summed E-state index contributed by atoms with van der Waals surface area (Å²) in [6, 6.07) is 4.41. The van der Waals surface area contributed by atoms with Gasteiger partial charge in [0.25, 0.3) is 5.69 Å². The molecule has 0 heterocycles. The number of halogens is 1. The SMILES string of the molecule is COCCNCC(C)=Cc1cc([N+](=O)[O-])ccc1Cl. The van der Waals surface area contributed by atoms with Crippen molar-refractivity contribution in [3.63, 3.8) is 0 Å². The van der Waals surface area contributed by atoms with Crippen molar-refractivity contribution < 1.29 is 9.66 Å². The summed E-state index contributed by atoms with van der Waals surface area (Å²) in [5.41, 5.74) is 1.73. The molecular weight excluding hydrogens is 268 g/mol. The summed E-state index contributed by atoms with van der Waals surface area (Å²) in [6.07, 6.45) is 1.84. The van der Waals surface area contributed by atoms with Crippen LogP contribution < -0.4 is 5.32 Å². The van der Waals surface area contributed by atoms with Crippen LogP contribution in [0.15, 0.2) is 23.8 Å². The second-order valence-electron chi connectivity index (χ2n) is 4.12. The first-order valence-electron chi connectivity index (χ1n) is 5.85. The third kappa shape index (κ3) is 5.38. The molecule has 0 saturated heterocycles. The zero-order valence-corrected chi connectivity index (χ0v) is 11.7. The summed E-state index contributed by atoms with van der Waals surface area (Å²) >= 11 is 6.02. The average molecular weight is 285 g/mol. The van der Waals surface area contributed by atoms with Gasteiger partial charge in [0.15, 0.2) is 0 Å². The van der Waals surface area contributed by atoms with Gasteiger partial charge in [-0.1, -0.05) is 23.3 Å². The van der Waals surface area contributed by atoms with Gasteiger partial charge >= 0.3 is 0 Å². The summed E-state index contributed by atoms with van der Waals surface area (Å²) in [5.74, 6) is 0. The molecule has 0 bridgehead atoms. The van der Waals surface area contributed by atoms with Crippen molar-refractivity contribution in [3.8, 4) is 0 Å². The van der Waals surface area contributed by atoms with Gasteiger partial charge in [-0.3, -0.25) is 10.1 Å². The highest BCUT2D eigenvalue weighted by Gasteiger charge is 2.08. The van der Waals surface area contributed by atoms with E-state index in [1.165, 1.54) is 18.2 Å². The standard InChI is InChI=1S/C13H17ClN2O3/c1-10(9-15-5-6-19-2)7-11-8-12(16(17)18)3-4-13(11)14/h3-4,7-8,15H,5-6,9H2,1-2H3. The van der Waals surface area contributed by atoms with Crippen LogP contribution in [0, 0.1) is 10.1 Å². The van der Waals surface area contributed by atoms with Crippen molar-refractivity contribution in [2.75, 3.05) is 26.8 Å². The molecule has 1 aromatic rings. The smallest absolute Gasteiger partial charge is 0.270 e. The summed E-state index contributed by atoms with van der Waals surface area (Å²) in [4.78, 5) is 10.3. The third-order valence-corrected chi connectivity index (χ3v) is 2.82. The van der Waals surface area contributed by atoms with E-state index in [4.69, 9.17) is 16.3 Å². The molecule has 0 radical (unpaired) electrons. The molecule has 0 unspecified atom stereocenters. The van der Waals surface area contributed by atoms with E-state index in [1.807, 2.05) is 13.0 Å². The molecule has 0 saturated carbocycles. The number of ether oxygens (including phenoxy) is 1. The Balaban J connectivity index is 2.73. The Morgan fingerprint density at radius 2 is 2.32 bits per heavy atom. The van der Waals surface area contributed by atoms with Gasteiger partial charge < -0.3 is 10.1 Å². The molecule has 0 aromatic heterocycles. The summed E-state index contributed by atoms with van der Waals surface area (Å²) < 4.78 is 4.93. The minimum atomic E-state index is -0.431. The minimum absolute atomic E-state index is 0.0378. The normalized spacial score (nSPS) is 11.6. The molecule has 1 rings (SSSR count). The van der Waals surface area contributed by atoms with Crippen LogP contribution in [0.5, 0.6) is 0 Å². The number of nitro groups is 1. The van der Waals surface area contributed by atoms with Crippen molar-refractivity contribution in [2.24, 2.45) is 0 Å². The predicted octanol–water partition coefficient (Wildman–Crippen LogP) is 2.89. The van der Waals surface area contributed by atoms with Crippen LogP contribution in [-0.4, -0.2) is 31.7 Å². The lowest BCUT2D eigenvalue weighted by molar-refractivity contribution is -0.384. The van der Waals surface area contributed by atoms with E-state index in [2.05, 4.69) is 5.32 Å². The molecule has 0 aliphatic heterocycles. The predicted molar refractivity (Wildman–Crippen MR) is 76.5 cm³/mol. The number of nitrogens with zero attached hydrogens (tertiary/aromatic N) is 1. The minimum Gasteiger partial charge on any atom is -0.383 e. The lowest BCUT2D eigenvalue weighted by Gasteiger charge is -2.05. The quantitative estimate of drug-likeness (QED) is 0.475. The molecule has 19 heavy (non-hydrogen) atoms. The Morgan fingerprint density at radius 3 is 2.95 bits per heavy atom. The molecule has 1 N–H and O–H groups in total. The highest BCUT2D eigenvalue weighted by Crippen LogP contribution is 2.24. The van der Waals surface area contributed by atoms with E-state index in [9.17, 15) is 10.1 Å². The van der Waals surface area contributed by atoms with Crippen LogP contribution in [0.1, 0.15) is 12.5 Å². The van der Waals surface area contributed by atoms with E-state index in [0.717, 1.165) is 12.1 Å². The first-order chi connectivity index (χ1) is 9.04. The fraction of sp³-hybridized carbons (Fsp3) is 0.385. The fourth-order valence-electron chi connectivity index (χ4n) is 1.53. The number of non-ortho nitro benzene ring substituents is 1. The topological polar surface area (TPSA) is 64.4 Å². The number of methoxy groups -OCH3 is 1. The Labute approximate surface area is 117 Å². The number of benzene rings is 1. The van der Waals surface area contributed by atoms with Gasteiger partial charge in [0.1, 0.15) is 0 Å². The number of nitro benzene ring substituents is 1. The molecule has 0 amide bonds. The van der Waals surface area contributed by atoms with Gasteiger partial charge in [-0.2, -0.15) is 0 Å². The Morgan fingerprint density at radius 1 is 1.58 bits per heavy atom. The van der Waals surface area contributed by atoms with Crippen molar-refractivity contribution >= 4 is 23.4 Å². The molecule has 0 aliphatic carbocycles. The van der Waals surface area contributed by atoms with Gasteiger partial charge in [0, 0.05) is 37.4 Å². The molecule has 1 aromatic carbocycles. The van der Waals surface area contributed by atoms with Crippen molar-refractivity contribution in [3.05, 3.63) is 44.5 Å². The van der Waals surface area contributed by atoms with Gasteiger partial charge in [0.2, 0.25) is 0 Å². The third-order valence-electron chi connectivity index (χ3n) is 2.48. The van der Waals surface area contributed by atoms with Gasteiger partial charge in [-0.15, -0.1) is 0 Å². The van der Waals surface area contributed by atoms with Crippen LogP contribution in [0.4, 0.5) is 5.69 Å². The number of nitrogens with one attached hydrogen (secondary N) is 1. The number of hydrogen-bond donors (Lipinski definition) is 1. The van der Waals surface area contributed by atoms with Gasteiger partial charge in [-0.05, 0) is 18.6 Å². The monoisotopic (exact) mass is 284 g/mol. The maximum Gasteiger partial charge on any atom is 0.270 e. The van der Waals surface area contributed by atoms with Gasteiger partial charge in [0.05, 0.1) is 11.5 Å². The lowest BCUT2D eigenvalue weighted by Crippen LogP contribution is -2.20. The van der Waals surface area contributed by atoms with Crippen LogP contribution in [0.25, 0.3) is 6.08 Å². The molecule has 104 valence electrons. The molecule has 5 nitrogen and oxygen atoms in total. The Hall–Kier alpha value is -1.43. The maximum absolute atomic E-state index is 10.7. The van der Waals surface area contributed by atoms with Gasteiger partial charge in [-0.25, -0.2) is 0 Å². The van der Waals surface area contributed by atoms with Crippen LogP contribution >= 0.6 is 11.6 Å². The van der Waals surface area contributed by atoms with E-state index in [1.54, 1.807) is 7.11 Å². The van der Waals surface area contributed by atoms with E-state index in [0.29, 0.717) is 23.7 Å². The lowest BCUT2D eigenvalue weighted by atomic mass is 10.1. The van der Waals surface area contributed by atoms with E-state index < -0.39 is 4.92 Å². The first-order valence-corrected chi connectivity index (χ1v) is 6.23.